The topological polar surface area (TPSA) is 920 Å². The lowest BCUT2D eigenvalue weighted by molar-refractivity contribution is -0.412. The quantitative estimate of drug-likeness (QED) is 0.0290. The maximum Gasteiger partial charge on any atom is 0.217 e. The predicted molar refractivity (Wildman–Crippen MR) is 386 cm³/mol. The largest absolute Gasteiger partial charge is 0.394 e. The van der Waals surface area contributed by atoms with Gasteiger partial charge in [0.1, 0.15) is 268 Å². The highest BCUT2D eigenvalue weighted by Gasteiger charge is 2.63. The van der Waals surface area contributed by atoms with E-state index in [0.717, 1.165) is 13.8 Å². The van der Waals surface area contributed by atoms with Crippen molar-refractivity contribution in [2.45, 2.75) is 351 Å². The highest BCUT2D eigenvalue weighted by molar-refractivity contribution is 5.73. The second kappa shape index (κ2) is 45.8. The van der Waals surface area contributed by atoms with E-state index >= 15 is 0 Å². The summed E-state index contributed by atoms with van der Waals surface area (Å²) < 4.78 is 123. The van der Waals surface area contributed by atoms with Crippen LogP contribution in [0.25, 0.3) is 0 Å². The Kier molecular flexibility index (Phi) is 37.7. The van der Waals surface area contributed by atoms with Crippen molar-refractivity contribution in [3.8, 4) is 0 Å². The molecule has 0 saturated carbocycles. The summed E-state index contributed by atoms with van der Waals surface area (Å²) in [6.45, 7) is -10.6. The summed E-state index contributed by atoms with van der Waals surface area (Å²) in [5, 5.41) is 372. The molecule has 11 aliphatic heterocycles. The van der Waals surface area contributed by atoms with Gasteiger partial charge in [0.15, 0.2) is 69.2 Å². The third kappa shape index (κ3) is 22.5. The Balaban J connectivity index is 0.912. The summed E-state index contributed by atoms with van der Waals surface area (Å²) in [5.74, 6) is -1.80. The second-order valence-corrected chi connectivity index (χ2v) is 32.3. The third-order valence-corrected chi connectivity index (χ3v) is 23.8. The Morgan fingerprint density at radius 1 is 0.203 bits per heavy atom. The molecule has 128 heavy (non-hydrogen) atoms. The van der Waals surface area contributed by atoms with E-state index in [1.165, 1.54) is 0 Å². The number of nitrogens with one attached hydrogen (secondary N) is 2. The van der Waals surface area contributed by atoms with Gasteiger partial charge >= 0.3 is 0 Å². The molecule has 0 radical (unpaired) electrons. The van der Waals surface area contributed by atoms with Gasteiger partial charge in [0.25, 0.3) is 0 Å². The number of aliphatic hydroxyl groups excluding tert-OH is 33. The highest BCUT2D eigenvalue weighted by atomic mass is 16.8. The number of hydrogen-bond donors (Lipinski definition) is 35. The first kappa shape index (κ1) is 105. The van der Waals surface area contributed by atoms with E-state index in [1.54, 1.807) is 0 Å². The summed E-state index contributed by atoms with van der Waals surface area (Å²) in [5.41, 5.74) is 0. The van der Waals surface area contributed by atoms with Gasteiger partial charge in [-0.3, -0.25) is 9.59 Å². The van der Waals surface area contributed by atoms with Crippen LogP contribution in [0.3, 0.4) is 0 Å². The lowest BCUT2D eigenvalue weighted by Crippen LogP contribution is -2.70. The van der Waals surface area contributed by atoms with Crippen LogP contribution >= 0.6 is 0 Å². The zero-order valence-corrected chi connectivity index (χ0v) is 67.7. The smallest absolute Gasteiger partial charge is 0.217 e. The molecule has 35 N–H and O–H groups in total. The third-order valence-electron chi connectivity index (χ3n) is 23.8. The van der Waals surface area contributed by atoms with Gasteiger partial charge in [-0.1, -0.05) is 0 Å². The fourth-order valence-electron chi connectivity index (χ4n) is 16.5. The van der Waals surface area contributed by atoms with Crippen molar-refractivity contribution in [2.24, 2.45) is 0 Å². The number of hydrogen-bond acceptors (Lipinski definition) is 56. The maximum atomic E-state index is 13.1. The first-order valence-corrected chi connectivity index (χ1v) is 40.7. The summed E-state index contributed by atoms with van der Waals surface area (Å²) in [6, 6.07) is -3.68. The maximum absolute atomic E-state index is 13.1. The van der Waals surface area contributed by atoms with Crippen LogP contribution in [0.1, 0.15) is 13.8 Å². The minimum absolute atomic E-state index is 0.817. The van der Waals surface area contributed by atoms with Crippen LogP contribution in [-0.4, -0.2) is 591 Å². The number of ether oxygens (including phenoxy) is 21. The molecular weight excluding hydrogens is 1760 g/mol. The molecule has 58 heteroatoms. The van der Waals surface area contributed by atoms with Crippen molar-refractivity contribution >= 4 is 11.8 Å². The molecule has 0 aromatic heterocycles. The van der Waals surface area contributed by atoms with Gasteiger partial charge in [-0.2, -0.15) is 0 Å². The Labute approximate surface area is 722 Å². The Morgan fingerprint density at radius 2 is 0.422 bits per heavy atom. The molecule has 744 valence electrons. The van der Waals surface area contributed by atoms with Crippen molar-refractivity contribution in [1.29, 1.82) is 0 Å². The molecule has 11 fully saturated rings. The van der Waals surface area contributed by atoms with Gasteiger partial charge in [0.05, 0.1) is 72.7 Å². The van der Waals surface area contributed by atoms with Crippen molar-refractivity contribution in [2.75, 3.05) is 72.7 Å². The van der Waals surface area contributed by atoms with Crippen molar-refractivity contribution in [3.05, 3.63) is 0 Å². The molecule has 2 amide bonds. The number of carbonyl (C=O) groups is 2. The van der Waals surface area contributed by atoms with E-state index in [0.29, 0.717) is 0 Å². The molecule has 11 rings (SSSR count). The monoisotopic (exact) mass is 1880 g/mol. The molecule has 0 unspecified atom stereocenters. The minimum Gasteiger partial charge on any atom is -0.394 e. The summed E-state index contributed by atoms with van der Waals surface area (Å²) in [4.78, 5) is 25.3. The SMILES string of the molecule is CC(=O)N[C@@H]1[C@@H](O)[C@H](O[C@@H]2O[C@H](CO)[C@@H](O[C@H]3O[C@H](CO[C@@H]4O[C@H](CO[C@@H]5O[C@H](CO)[C@@H](O)[C@H](O)[C@@H]5O)[C@@H](O)[C@H](O[C@@H]5O[C@H](CO)[C@@H](O)[C@H](O)[C@@H]5O)[C@@H]4O)[C@@H](O)[C@H](O[C@@H]4O[C@H](CO)[C@@H](O)[C@H](O)[C@@H]4O[C@H]4O[C@H](CO)[C@@H](O)[C@H](O)[C@@H]4O[C@@H]4O[C@H](CO)[C@@H](O)[C@H](O[C@@H]5O[C@H](CO)[C@H](O)[C@H](O[C@@H]6O[C@H](CO)[C@H](O)[C@H](O)[C@H]6O)[C@H]5O)[C@@H]4O)[C@@H]3O)[C@H](O)[C@H]2NC(C)=O)[C@@H](CO)O[C@H]1O. The molecule has 0 bridgehead atoms. The average Bonchev–Trinajstić information content (AvgIpc) is 0.752. The standard InChI is InChI=1S/C70H118N2O56/c1-14(82)71-27-38(93)52(23(10-80)110-60(27)107)121-61-28(72-15(2)83)39(94)53(24(11-81)118-61)122-68-51(106)57(37(92)26(120-68)13-109-63-48(103)56(124-65-47(102)42(97)31(86)18(5-75)113-65)36(91)25(119-63)12-108-62-45(100)40(95)29(84)16(3-73)111-62)126-69-59(44(99)33(88)19(6-76)116-69)128-70-58(43(98)32(87)20(7-77)117-70)127-67-50(105)55(35(90)22(9-79)115-67)125-66-49(104)54(34(89)21(8-78)114-66)123-64-46(101)41(96)30(85)17(4-74)112-64/h16-70,73-81,84-107H,3-13H2,1-2H3,(H,71,82)(H,72,83)/t16-,17-,18-,19-,20-,21-,22-,23-,24-,25-,26-,27-,28-,29-,30+,31-,32-,33-,34+,35-,36-,37-,38-,39-,40+,41+,42+,43+,44+,45+,46-,47+,48+,49-,50+,51+,52-,53-,54+,55+,56+,57+,58+,59+,60-,61+,62-,63-,64+,65+,66+,67+,68-,69+,70-/m1/s1. The van der Waals surface area contributed by atoms with Crippen LogP contribution in [0.2, 0.25) is 0 Å². The van der Waals surface area contributed by atoms with Crippen LogP contribution < -0.4 is 10.6 Å². The first-order valence-electron chi connectivity index (χ1n) is 40.7. The van der Waals surface area contributed by atoms with Gasteiger partial charge in [-0.15, -0.1) is 0 Å². The van der Waals surface area contributed by atoms with E-state index in [-0.39, 0.29) is 0 Å². The zero-order valence-electron chi connectivity index (χ0n) is 67.7. The molecular formula is C70H118N2O56. The van der Waals surface area contributed by atoms with Crippen LogP contribution in [0.4, 0.5) is 0 Å². The number of aliphatic hydroxyl groups is 33. The summed E-state index contributed by atoms with van der Waals surface area (Å²) >= 11 is 0. The Bertz CT molecular complexity index is 3380. The van der Waals surface area contributed by atoms with E-state index in [2.05, 4.69) is 10.6 Å². The molecule has 55 atom stereocenters. The molecule has 11 aliphatic rings. The Morgan fingerprint density at radius 3 is 0.781 bits per heavy atom. The van der Waals surface area contributed by atoms with E-state index in [4.69, 9.17) is 99.5 Å². The van der Waals surface area contributed by atoms with Gasteiger partial charge in [0.2, 0.25) is 11.8 Å². The lowest BCUT2D eigenvalue weighted by atomic mass is 9.94. The van der Waals surface area contributed by atoms with E-state index < -0.39 is 422 Å². The first-order chi connectivity index (χ1) is 60.7. The number of amides is 2. The zero-order chi connectivity index (χ0) is 94.0. The Hall–Kier alpha value is -3.22. The molecule has 11 heterocycles. The summed E-state index contributed by atoms with van der Waals surface area (Å²) in [6.07, 6.45) is -116. The fourth-order valence-corrected chi connectivity index (χ4v) is 16.5. The molecule has 0 aromatic carbocycles. The molecule has 0 spiro atoms. The lowest BCUT2D eigenvalue weighted by Gasteiger charge is -2.51. The van der Waals surface area contributed by atoms with E-state index in [1.807, 2.05) is 0 Å². The van der Waals surface area contributed by atoms with Crippen molar-refractivity contribution < 1.29 is 278 Å². The molecule has 0 aliphatic carbocycles. The van der Waals surface area contributed by atoms with Gasteiger partial charge in [-0.25, -0.2) is 0 Å². The van der Waals surface area contributed by atoms with Crippen LogP contribution in [0, 0.1) is 0 Å². The van der Waals surface area contributed by atoms with Crippen molar-refractivity contribution in [3.63, 3.8) is 0 Å². The number of rotatable bonds is 33. The number of carbonyl (C=O) groups excluding carboxylic acids is 2. The van der Waals surface area contributed by atoms with Gasteiger partial charge < -0.3 is 279 Å². The molecule has 11 saturated heterocycles. The van der Waals surface area contributed by atoms with Crippen LogP contribution in [-0.2, 0) is 109 Å². The van der Waals surface area contributed by atoms with Gasteiger partial charge in [-0.05, 0) is 0 Å². The van der Waals surface area contributed by atoms with E-state index in [9.17, 15) is 178 Å². The predicted octanol–water partition coefficient (Wildman–Crippen LogP) is -24.7. The minimum atomic E-state index is -2.68. The molecule has 58 nitrogen and oxygen atoms in total. The second-order valence-electron chi connectivity index (χ2n) is 32.3. The summed E-state index contributed by atoms with van der Waals surface area (Å²) in [7, 11) is 0. The van der Waals surface area contributed by atoms with Crippen molar-refractivity contribution in [1.82, 2.24) is 10.6 Å². The van der Waals surface area contributed by atoms with Gasteiger partial charge in [0, 0.05) is 13.8 Å². The molecule has 0 aromatic rings. The van der Waals surface area contributed by atoms with Crippen LogP contribution in [0.5, 0.6) is 0 Å². The van der Waals surface area contributed by atoms with Crippen LogP contribution in [0.15, 0.2) is 0 Å². The fraction of sp³-hybridized carbons (Fsp3) is 0.971. The highest BCUT2D eigenvalue weighted by Crippen LogP contribution is 2.42. The average molecular weight is 1880 g/mol. The normalized spacial score (nSPS) is 51.7.